The molecule has 0 radical (unpaired) electrons. The Morgan fingerprint density at radius 2 is 2.25 bits per heavy atom. The van der Waals surface area contributed by atoms with E-state index in [0.29, 0.717) is 12.0 Å². The van der Waals surface area contributed by atoms with Crippen LogP contribution in [0.3, 0.4) is 0 Å². The van der Waals surface area contributed by atoms with Crippen LogP contribution in [-0.4, -0.2) is 11.0 Å². The molecule has 0 saturated carbocycles. The Hall–Kier alpha value is -2.11. The number of rotatable bonds is 4. The Morgan fingerprint density at radius 1 is 1.56 bits per heavy atom. The molecular weight excluding hydrogens is 212 g/mol. The van der Waals surface area contributed by atoms with Crippen molar-refractivity contribution in [2.75, 3.05) is 0 Å². The van der Waals surface area contributed by atoms with Crippen molar-refractivity contribution in [1.29, 1.82) is 0 Å². The zero-order valence-corrected chi connectivity index (χ0v) is 8.80. The van der Waals surface area contributed by atoms with E-state index in [4.69, 9.17) is 5.73 Å². The van der Waals surface area contributed by atoms with E-state index in [1.54, 1.807) is 0 Å². The normalized spacial score (nSPS) is 9.81. The summed E-state index contributed by atoms with van der Waals surface area (Å²) in [4.78, 5) is 20.8. The summed E-state index contributed by atoms with van der Waals surface area (Å²) in [5.74, 6) is 0.224. The second kappa shape index (κ2) is 5.11. The second-order valence-electron chi connectivity index (χ2n) is 3.22. The van der Waals surface area contributed by atoms with Crippen LogP contribution < -0.4 is 10.5 Å². The van der Waals surface area contributed by atoms with Gasteiger partial charge in [-0.15, -0.1) is 0 Å². The van der Waals surface area contributed by atoms with Crippen molar-refractivity contribution in [2.24, 2.45) is 5.73 Å². The van der Waals surface area contributed by atoms with E-state index < -0.39 is 11.0 Å². The highest BCUT2D eigenvalue weighted by Crippen LogP contribution is 2.25. The van der Waals surface area contributed by atoms with Crippen LogP contribution in [0.2, 0.25) is 0 Å². The number of ether oxygens (including phenoxy) is 1. The lowest BCUT2D eigenvalue weighted by Crippen LogP contribution is -2.16. The van der Waals surface area contributed by atoms with Crippen LogP contribution in [-0.2, 0) is 6.42 Å². The van der Waals surface area contributed by atoms with Gasteiger partial charge in [0.2, 0.25) is 0 Å². The third-order valence-electron chi connectivity index (χ3n) is 1.99. The maximum Gasteiger partial charge on any atom is 0.409 e. The van der Waals surface area contributed by atoms with Gasteiger partial charge in [-0.3, -0.25) is 10.1 Å². The van der Waals surface area contributed by atoms with E-state index in [1.165, 1.54) is 18.2 Å². The number of nitrogens with two attached hydrogens (primary N) is 1. The number of benzene rings is 1. The third kappa shape index (κ3) is 2.94. The molecule has 0 heterocycles. The smallest absolute Gasteiger partial charge is 0.409 e. The summed E-state index contributed by atoms with van der Waals surface area (Å²) in [7, 11) is 0. The number of aryl methyl sites for hydroxylation is 1. The highest BCUT2D eigenvalue weighted by molar-refractivity contribution is 5.68. The zero-order valence-electron chi connectivity index (χ0n) is 8.80. The van der Waals surface area contributed by atoms with Crippen molar-refractivity contribution in [2.45, 2.75) is 19.8 Å². The first-order valence-electron chi connectivity index (χ1n) is 4.79. The average Bonchev–Trinajstić information content (AvgIpc) is 2.17. The molecule has 2 N–H and O–H groups in total. The lowest BCUT2D eigenvalue weighted by Gasteiger charge is -2.04. The Kier molecular flexibility index (Phi) is 3.82. The first-order valence-corrected chi connectivity index (χ1v) is 4.79. The van der Waals surface area contributed by atoms with Gasteiger partial charge in [0.25, 0.3) is 5.69 Å². The number of nitrogens with zero attached hydrogens (tertiary/aromatic N) is 1. The summed E-state index contributed by atoms with van der Waals surface area (Å²) in [5, 5.41) is 10.7. The van der Waals surface area contributed by atoms with E-state index in [-0.39, 0.29) is 11.4 Å². The van der Waals surface area contributed by atoms with E-state index in [2.05, 4.69) is 4.74 Å². The molecule has 6 nitrogen and oxygen atoms in total. The third-order valence-corrected chi connectivity index (χ3v) is 1.99. The molecule has 1 aromatic rings. The van der Waals surface area contributed by atoms with Gasteiger partial charge in [-0.1, -0.05) is 13.3 Å². The number of nitro groups is 1. The van der Waals surface area contributed by atoms with E-state index in [1.807, 2.05) is 6.92 Å². The van der Waals surface area contributed by atoms with Crippen LogP contribution in [0.4, 0.5) is 10.5 Å². The van der Waals surface area contributed by atoms with Gasteiger partial charge >= 0.3 is 6.09 Å². The molecule has 1 amide bonds. The topological polar surface area (TPSA) is 95.5 Å². The standard InChI is InChI=1S/C10H12N2O4/c1-2-3-7-6-8(16-10(11)13)4-5-9(7)12(14)15/h4-6H,2-3H2,1H3,(H2,11,13). The van der Waals surface area contributed by atoms with Crippen molar-refractivity contribution in [3.8, 4) is 5.75 Å². The lowest BCUT2D eigenvalue weighted by molar-refractivity contribution is -0.385. The van der Waals surface area contributed by atoms with Gasteiger partial charge < -0.3 is 10.5 Å². The molecule has 6 heteroatoms. The molecule has 0 aromatic heterocycles. The summed E-state index contributed by atoms with van der Waals surface area (Å²) in [6, 6.07) is 4.12. The molecule has 1 rings (SSSR count). The summed E-state index contributed by atoms with van der Waals surface area (Å²) in [5.41, 5.74) is 5.41. The molecule has 0 saturated heterocycles. The highest BCUT2D eigenvalue weighted by Gasteiger charge is 2.14. The van der Waals surface area contributed by atoms with Gasteiger partial charge in [0.1, 0.15) is 5.75 Å². The van der Waals surface area contributed by atoms with Crippen LogP contribution >= 0.6 is 0 Å². The summed E-state index contributed by atoms with van der Waals surface area (Å²) < 4.78 is 4.65. The molecule has 0 spiro atoms. The molecule has 1 aromatic carbocycles. The fourth-order valence-corrected chi connectivity index (χ4v) is 1.39. The number of amides is 1. The molecule has 0 aliphatic heterocycles. The number of nitro benzene ring substituents is 1. The molecule has 0 aliphatic rings. The molecule has 0 atom stereocenters. The summed E-state index contributed by atoms with van der Waals surface area (Å²) in [6.45, 7) is 1.91. The molecular formula is C10H12N2O4. The van der Waals surface area contributed by atoms with Crippen LogP contribution in [0.25, 0.3) is 0 Å². The number of hydrogen-bond acceptors (Lipinski definition) is 4. The van der Waals surface area contributed by atoms with Gasteiger partial charge in [-0.05, 0) is 18.6 Å². The van der Waals surface area contributed by atoms with Gasteiger partial charge in [-0.25, -0.2) is 4.79 Å². The van der Waals surface area contributed by atoms with Crippen LogP contribution in [0.1, 0.15) is 18.9 Å². The summed E-state index contributed by atoms with van der Waals surface area (Å²) >= 11 is 0. The van der Waals surface area contributed by atoms with Gasteiger partial charge in [0.05, 0.1) is 4.92 Å². The Morgan fingerprint density at radius 3 is 2.75 bits per heavy atom. The minimum absolute atomic E-state index is 0.0265. The second-order valence-corrected chi connectivity index (χ2v) is 3.22. The molecule has 0 fully saturated rings. The fraction of sp³-hybridized carbons (Fsp3) is 0.300. The first-order chi connectivity index (χ1) is 7.54. The highest BCUT2D eigenvalue weighted by atomic mass is 16.6. The number of carbonyl (C=O) groups excluding carboxylic acids is 1. The van der Waals surface area contributed by atoms with Crippen LogP contribution in [0, 0.1) is 10.1 Å². The predicted octanol–water partition coefficient (Wildman–Crippen LogP) is 2.00. The summed E-state index contributed by atoms with van der Waals surface area (Å²) in [6.07, 6.45) is 0.379. The Bertz CT molecular complexity index is 417. The predicted molar refractivity (Wildman–Crippen MR) is 57.3 cm³/mol. The van der Waals surface area contributed by atoms with E-state index in [0.717, 1.165) is 6.42 Å². The van der Waals surface area contributed by atoms with Crippen LogP contribution in [0.5, 0.6) is 5.75 Å². The van der Waals surface area contributed by atoms with Crippen molar-refractivity contribution < 1.29 is 14.5 Å². The van der Waals surface area contributed by atoms with E-state index in [9.17, 15) is 14.9 Å². The maximum absolute atomic E-state index is 10.7. The van der Waals surface area contributed by atoms with Crippen molar-refractivity contribution in [3.63, 3.8) is 0 Å². The molecule has 86 valence electrons. The zero-order chi connectivity index (χ0) is 12.1. The number of hydrogen-bond donors (Lipinski definition) is 1. The SMILES string of the molecule is CCCc1cc(OC(N)=O)ccc1[N+](=O)[O-]. The Labute approximate surface area is 92.2 Å². The minimum atomic E-state index is -0.934. The molecule has 16 heavy (non-hydrogen) atoms. The first kappa shape index (κ1) is 12.0. The largest absolute Gasteiger partial charge is 0.410 e. The Balaban J connectivity index is 3.06. The van der Waals surface area contributed by atoms with Gasteiger partial charge in [0, 0.05) is 11.6 Å². The van der Waals surface area contributed by atoms with Gasteiger partial charge in [-0.2, -0.15) is 0 Å². The van der Waals surface area contributed by atoms with Crippen molar-refractivity contribution in [1.82, 2.24) is 0 Å². The number of carbonyl (C=O) groups is 1. The van der Waals surface area contributed by atoms with Gasteiger partial charge in [0.15, 0.2) is 0 Å². The maximum atomic E-state index is 10.7. The van der Waals surface area contributed by atoms with E-state index >= 15 is 0 Å². The monoisotopic (exact) mass is 224 g/mol. The quantitative estimate of drug-likeness (QED) is 0.624. The number of primary amides is 1. The fourth-order valence-electron chi connectivity index (χ4n) is 1.39. The average molecular weight is 224 g/mol. The minimum Gasteiger partial charge on any atom is -0.410 e. The molecule has 0 aliphatic carbocycles. The molecule has 0 unspecified atom stereocenters. The lowest BCUT2D eigenvalue weighted by atomic mass is 10.1. The van der Waals surface area contributed by atoms with Crippen molar-refractivity contribution in [3.05, 3.63) is 33.9 Å². The van der Waals surface area contributed by atoms with Crippen LogP contribution in [0.15, 0.2) is 18.2 Å². The molecule has 0 bridgehead atoms. The van der Waals surface area contributed by atoms with Crippen molar-refractivity contribution >= 4 is 11.8 Å².